The van der Waals surface area contributed by atoms with E-state index in [-0.39, 0.29) is 0 Å². The zero-order valence-electron chi connectivity index (χ0n) is 11.8. The lowest BCUT2D eigenvalue weighted by Gasteiger charge is -2.19. The normalized spacial score (nSPS) is 10.9. The third kappa shape index (κ3) is 4.94. The molecule has 0 amide bonds. The van der Waals surface area contributed by atoms with Gasteiger partial charge in [0.05, 0.1) is 5.60 Å². The van der Waals surface area contributed by atoms with Crippen LogP contribution < -0.4 is 0 Å². The molecule has 1 aromatic carbocycles. The summed E-state index contributed by atoms with van der Waals surface area (Å²) in [5.41, 5.74) is 1.03. The summed E-state index contributed by atoms with van der Waals surface area (Å²) in [6, 6.07) is 7.84. The molecule has 0 spiro atoms. The maximum absolute atomic E-state index is 10.1. The van der Waals surface area contributed by atoms with Gasteiger partial charge in [0, 0.05) is 12.0 Å². The van der Waals surface area contributed by atoms with Gasteiger partial charge in [0.1, 0.15) is 0 Å². The second-order valence-electron chi connectivity index (χ2n) is 5.22. The summed E-state index contributed by atoms with van der Waals surface area (Å²) in [7, 11) is 0. The van der Waals surface area contributed by atoms with Crippen LogP contribution in [0.3, 0.4) is 0 Å². The van der Waals surface area contributed by atoms with Crippen LogP contribution in [0.4, 0.5) is 0 Å². The predicted molar refractivity (Wildman–Crippen MR) is 77.3 cm³/mol. The Balaban J connectivity index is 2.65. The van der Waals surface area contributed by atoms with E-state index in [2.05, 4.69) is 18.8 Å². The Morgan fingerprint density at radius 3 is 2.50 bits per heavy atom. The number of rotatable bonds is 5. The highest BCUT2D eigenvalue weighted by atomic mass is 16.3. The van der Waals surface area contributed by atoms with Crippen LogP contribution in [0.15, 0.2) is 24.3 Å². The molecular formula is C17H24O. The smallest absolute Gasteiger partial charge is 0.0852 e. The first-order chi connectivity index (χ1) is 8.55. The molecule has 0 fully saturated rings. The first-order valence-corrected chi connectivity index (χ1v) is 6.86. The van der Waals surface area contributed by atoms with Crippen LogP contribution in [-0.4, -0.2) is 5.11 Å². The van der Waals surface area contributed by atoms with Crippen LogP contribution in [0.1, 0.15) is 64.0 Å². The van der Waals surface area contributed by atoms with E-state index in [4.69, 9.17) is 0 Å². The summed E-state index contributed by atoms with van der Waals surface area (Å²) in [5.74, 6) is 6.40. The molecule has 0 aliphatic carbocycles. The molecule has 18 heavy (non-hydrogen) atoms. The molecule has 1 N–H and O–H groups in total. The van der Waals surface area contributed by atoms with Crippen molar-refractivity contribution in [2.45, 2.75) is 58.5 Å². The van der Waals surface area contributed by atoms with E-state index in [0.29, 0.717) is 0 Å². The van der Waals surface area contributed by atoms with Gasteiger partial charge in [-0.25, -0.2) is 0 Å². The Morgan fingerprint density at radius 2 is 1.83 bits per heavy atom. The van der Waals surface area contributed by atoms with Gasteiger partial charge in [-0.1, -0.05) is 56.2 Å². The molecule has 0 saturated carbocycles. The number of aliphatic hydroxyl groups is 1. The van der Waals surface area contributed by atoms with Gasteiger partial charge in [0.2, 0.25) is 0 Å². The molecule has 0 radical (unpaired) electrons. The fraction of sp³-hybridized carbons (Fsp3) is 0.529. The first-order valence-electron chi connectivity index (χ1n) is 6.86. The van der Waals surface area contributed by atoms with E-state index in [9.17, 15) is 5.11 Å². The zero-order valence-corrected chi connectivity index (χ0v) is 11.8. The van der Waals surface area contributed by atoms with E-state index < -0.39 is 5.60 Å². The number of unbranched alkanes of at least 4 members (excludes halogenated alkanes) is 4. The van der Waals surface area contributed by atoms with Crippen molar-refractivity contribution in [2.24, 2.45) is 0 Å². The van der Waals surface area contributed by atoms with Crippen molar-refractivity contribution in [3.8, 4) is 11.8 Å². The molecule has 0 aromatic heterocycles. The molecule has 0 unspecified atom stereocenters. The van der Waals surface area contributed by atoms with Gasteiger partial charge in [-0.3, -0.25) is 0 Å². The van der Waals surface area contributed by atoms with E-state index in [1.165, 1.54) is 25.7 Å². The van der Waals surface area contributed by atoms with Crippen molar-refractivity contribution in [3.05, 3.63) is 35.4 Å². The van der Waals surface area contributed by atoms with Crippen molar-refractivity contribution in [2.75, 3.05) is 0 Å². The van der Waals surface area contributed by atoms with Gasteiger partial charge in [-0.2, -0.15) is 0 Å². The van der Waals surface area contributed by atoms with Crippen LogP contribution >= 0.6 is 0 Å². The third-order valence-electron chi connectivity index (χ3n) is 2.96. The summed E-state index contributed by atoms with van der Waals surface area (Å²) in [6.45, 7) is 5.81. The topological polar surface area (TPSA) is 20.2 Å². The first kappa shape index (κ1) is 14.8. The van der Waals surface area contributed by atoms with Crippen molar-refractivity contribution in [1.29, 1.82) is 0 Å². The summed E-state index contributed by atoms with van der Waals surface area (Å²) < 4.78 is 0. The standard InChI is InChI=1S/C17H24O/c1-4-5-6-7-8-9-12-15-13-10-11-14-16(15)17(2,3)18/h10-11,13-14,18H,4-8H2,1-3H3. The van der Waals surface area contributed by atoms with Crippen molar-refractivity contribution >= 4 is 0 Å². The van der Waals surface area contributed by atoms with Crippen LogP contribution in [0, 0.1) is 11.8 Å². The second kappa shape index (κ2) is 7.24. The second-order valence-corrected chi connectivity index (χ2v) is 5.22. The monoisotopic (exact) mass is 244 g/mol. The van der Waals surface area contributed by atoms with Gasteiger partial charge in [-0.05, 0) is 31.9 Å². The van der Waals surface area contributed by atoms with Gasteiger partial charge in [0.15, 0.2) is 0 Å². The summed E-state index contributed by atoms with van der Waals surface area (Å²) in [6.07, 6.45) is 5.93. The highest BCUT2D eigenvalue weighted by Crippen LogP contribution is 2.22. The molecule has 98 valence electrons. The molecule has 0 atom stereocenters. The summed E-state index contributed by atoms with van der Waals surface area (Å²) in [5, 5.41) is 10.1. The Bertz CT molecular complexity index is 415. The van der Waals surface area contributed by atoms with Gasteiger partial charge in [-0.15, -0.1) is 0 Å². The maximum atomic E-state index is 10.1. The van der Waals surface area contributed by atoms with Crippen LogP contribution in [0.2, 0.25) is 0 Å². The summed E-state index contributed by atoms with van der Waals surface area (Å²) in [4.78, 5) is 0. The molecular weight excluding hydrogens is 220 g/mol. The number of hydrogen-bond acceptors (Lipinski definition) is 1. The lowest BCUT2D eigenvalue weighted by Crippen LogP contribution is -2.17. The molecule has 0 aliphatic heterocycles. The lowest BCUT2D eigenvalue weighted by atomic mass is 9.93. The lowest BCUT2D eigenvalue weighted by molar-refractivity contribution is 0.0783. The van der Waals surface area contributed by atoms with Gasteiger partial charge in [0.25, 0.3) is 0 Å². The Hall–Kier alpha value is -1.26. The largest absolute Gasteiger partial charge is 0.386 e. The number of benzene rings is 1. The summed E-state index contributed by atoms with van der Waals surface area (Å²) >= 11 is 0. The highest BCUT2D eigenvalue weighted by molar-refractivity contribution is 5.43. The minimum absolute atomic E-state index is 0.826. The fourth-order valence-corrected chi connectivity index (χ4v) is 1.92. The minimum atomic E-state index is -0.826. The van der Waals surface area contributed by atoms with E-state index in [1.807, 2.05) is 24.3 Å². The number of hydrogen-bond donors (Lipinski definition) is 1. The highest BCUT2D eigenvalue weighted by Gasteiger charge is 2.18. The third-order valence-corrected chi connectivity index (χ3v) is 2.96. The molecule has 1 aromatic rings. The Kier molecular flexibility index (Phi) is 5.95. The average Bonchev–Trinajstić information content (AvgIpc) is 2.33. The Labute approximate surface area is 111 Å². The van der Waals surface area contributed by atoms with E-state index in [1.54, 1.807) is 13.8 Å². The zero-order chi connectivity index (χ0) is 13.4. The molecule has 0 aliphatic rings. The van der Waals surface area contributed by atoms with Crippen molar-refractivity contribution in [3.63, 3.8) is 0 Å². The van der Waals surface area contributed by atoms with Crippen LogP contribution in [0.25, 0.3) is 0 Å². The minimum Gasteiger partial charge on any atom is -0.386 e. The SMILES string of the molecule is CCCCCCC#Cc1ccccc1C(C)(C)O. The maximum Gasteiger partial charge on any atom is 0.0852 e. The molecule has 1 rings (SSSR count). The van der Waals surface area contributed by atoms with E-state index in [0.717, 1.165) is 17.5 Å². The van der Waals surface area contributed by atoms with Crippen molar-refractivity contribution < 1.29 is 5.11 Å². The average molecular weight is 244 g/mol. The van der Waals surface area contributed by atoms with Gasteiger partial charge < -0.3 is 5.11 Å². The molecule has 0 saturated heterocycles. The molecule has 0 heterocycles. The Morgan fingerprint density at radius 1 is 1.11 bits per heavy atom. The van der Waals surface area contributed by atoms with E-state index >= 15 is 0 Å². The van der Waals surface area contributed by atoms with Crippen molar-refractivity contribution in [1.82, 2.24) is 0 Å². The molecule has 0 bridgehead atoms. The van der Waals surface area contributed by atoms with Crippen LogP contribution in [0.5, 0.6) is 0 Å². The quantitative estimate of drug-likeness (QED) is 0.607. The van der Waals surface area contributed by atoms with Crippen LogP contribution in [-0.2, 0) is 5.60 Å². The molecule has 1 nitrogen and oxygen atoms in total. The predicted octanol–water partition coefficient (Wildman–Crippen LogP) is 4.24. The van der Waals surface area contributed by atoms with Gasteiger partial charge >= 0.3 is 0 Å². The molecule has 1 heteroatoms. The fourth-order valence-electron chi connectivity index (χ4n) is 1.92.